The van der Waals surface area contributed by atoms with Crippen molar-refractivity contribution >= 4 is 23.1 Å². The van der Waals surface area contributed by atoms with Crippen molar-refractivity contribution in [1.82, 2.24) is 9.97 Å². The number of nitrogens with one attached hydrogen (secondary N) is 2. The van der Waals surface area contributed by atoms with Crippen LogP contribution in [0.15, 0.2) is 54.7 Å². The Morgan fingerprint density at radius 1 is 0.971 bits per heavy atom. The van der Waals surface area contributed by atoms with Gasteiger partial charge in [0, 0.05) is 17.6 Å². The maximum Gasteiger partial charge on any atom is 0.421 e. The molecule has 2 aromatic carbocycles. The number of halogens is 3. The number of hydrogen-bond acceptors (Lipinski definition) is 5. The number of aromatic nitrogens is 2. The minimum atomic E-state index is -4.58. The summed E-state index contributed by atoms with van der Waals surface area (Å²) >= 11 is 0. The van der Waals surface area contributed by atoms with Crippen LogP contribution < -0.4 is 15.4 Å². The second-order valence-electron chi connectivity index (χ2n) is 8.56. The second-order valence-corrected chi connectivity index (χ2v) is 8.56. The molecule has 8 heteroatoms. The Hall–Kier alpha value is -3.29. The van der Waals surface area contributed by atoms with Gasteiger partial charge in [-0.1, -0.05) is 31.9 Å². The average molecular weight is 471 g/mol. The number of nitrogens with zero attached hydrogens (tertiary/aromatic N) is 2. The number of alkyl halides is 3. The molecule has 0 spiro atoms. The minimum absolute atomic E-state index is 0.0705. The maximum atomic E-state index is 13.6. The van der Waals surface area contributed by atoms with Gasteiger partial charge in [0.2, 0.25) is 5.95 Å². The second kappa shape index (κ2) is 10.8. The lowest BCUT2D eigenvalue weighted by molar-refractivity contribution is -0.137. The first kappa shape index (κ1) is 23.9. The Bertz CT molecular complexity index is 1080. The largest absolute Gasteiger partial charge is 0.490 e. The summed E-state index contributed by atoms with van der Waals surface area (Å²) in [6, 6.07) is 14.6. The highest BCUT2D eigenvalue weighted by Gasteiger charge is 2.35. The number of aryl methyl sites for hydroxylation is 1. The van der Waals surface area contributed by atoms with Crippen molar-refractivity contribution in [2.24, 2.45) is 0 Å². The molecule has 34 heavy (non-hydrogen) atoms. The van der Waals surface area contributed by atoms with Gasteiger partial charge in [-0.15, -0.1) is 0 Å². The van der Waals surface area contributed by atoms with Crippen LogP contribution in [0.4, 0.5) is 36.3 Å². The minimum Gasteiger partial charge on any atom is -0.490 e. The zero-order valence-corrected chi connectivity index (χ0v) is 19.2. The van der Waals surface area contributed by atoms with Gasteiger partial charge in [0.15, 0.2) is 0 Å². The quantitative estimate of drug-likeness (QED) is 0.354. The van der Waals surface area contributed by atoms with Crippen LogP contribution in [0.25, 0.3) is 0 Å². The fourth-order valence-corrected chi connectivity index (χ4v) is 4.10. The molecule has 1 heterocycles. The van der Waals surface area contributed by atoms with Crippen molar-refractivity contribution < 1.29 is 17.9 Å². The lowest BCUT2D eigenvalue weighted by Gasteiger charge is -2.23. The molecule has 1 aliphatic rings. The van der Waals surface area contributed by atoms with Crippen molar-refractivity contribution in [2.45, 2.75) is 64.1 Å². The van der Waals surface area contributed by atoms with E-state index in [1.165, 1.54) is 19.3 Å². The van der Waals surface area contributed by atoms with Crippen LogP contribution in [0, 0.1) is 0 Å². The van der Waals surface area contributed by atoms with Crippen LogP contribution in [-0.4, -0.2) is 16.1 Å². The predicted octanol–water partition coefficient (Wildman–Crippen LogP) is 7.65. The van der Waals surface area contributed by atoms with E-state index < -0.39 is 11.7 Å². The molecule has 1 aromatic heterocycles. The lowest BCUT2D eigenvalue weighted by Crippen LogP contribution is -2.19. The van der Waals surface area contributed by atoms with Gasteiger partial charge in [-0.3, -0.25) is 0 Å². The number of rotatable bonds is 8. The molecule has 0 aliphatic heterocycles. The summed E-state index contributed by atoms with van der Waals surface area (Å²) in [6.45, 7) is 2.05. The van der Waals surface area contributed by atoms with Crippen molar-refractivity contribution in [3.05, 3.63) is 65.9 Å². The van der Waals surface area contributed by atoms with Crippen LogP contribution in [0.2, 0.25) is 0 Å². The summed E-state index contributed by atoms with van der Waals surface area (Å²) in [7, 11) is 0. The number of hydrogen-bond donors (Lipinski definition) is 2. The Labute approximate surface area is 197 Å². The molecule has 1 aliphatic carbocycles. The molecule has 0 radical (unpaired) electrons. The molecule has 0 bridgehead atoms. The summed E-state index contributed by atoms with van der Waals surface area (Å²) in [5.41, 5.74) is 1.33. The van der Waals surface area contributed by atoms with E-state index in [1.807, 2.05) is 30.3 Å². The van der Waals surface area contributed by atoms with Gasteiger partial charge in [0.1, 0.15) is 17.1 Å². The fourth-order valence-electron chi connectivity index (χ4n) is 4.10. The summed E-state index contributed by atoms with van der Waals surface area (Å²) in [4.78, 5) is 8.03. The number of ether oxygens (including phenoxy) is 1. The molecule has 1 saturated carbocycles. The molecule has 1 fully saturated rings. The van der Waals surface area contributed by atoms with Crippen LogP contribution in [0.1, 0.15) is 56.6 Å². The summed E-state index contributed by atoms with van der Waals surface area (Å²) in [5.74, 6) is 0.553. The lowest BCUT2D eigenvalue weighted by atomic mass is 9.98. The third-order valence-electron chi connectivity index (χ3n) is 5.79. The van der Waals surface area contributed by atoms with Crippen LogP contribution >= 0.6 is 0 Å². The number of anilines is 4. The molecule has 180 valence electrons. The van der Waals surface area contributed by atoms with E-state index in [1.54, 1.807) is 18.2 Å². The smallest absolute Gasteiger partial charge is 0.421 e. The highest BCUT2D eigenvalue weighted by Crippen LogP contribution is 2.35. The fraction of sp³-hybridized carbons (Fsp3) is 0.385. The van der Waals surface area contributed by atoms with E-state index in [4.69, 9.17) is 4.74 Å². The van der Waals surface area contributed by atoms with Crippen molar-refractivity contribution in [2.75, 3.05) is 10.6 Å². The van der Waals surface area contributed by atoms with Crippen LogP contribution in [-0.2, 0) is 12.6 Å². The van der Waals surface area contributed by atoms with Gasteiger partial charge in [-0.05, 0) is 74.1 Å². The zero-order chi connectivity index (χ0) is 24.0. The van der Waals surface area contributed by atoms with Crippen molar-refractivity contribution in [3.63, 3.8) is 0 Å². The topological polar surface area (TPSA) is 59.1 Å². The highest BCUT2D eigenvalue weighted by molar-refractivity contribution is 5.63. The Morgan fingerprint density at radius 2 is 1.74 bits per heavy atom. The van der Waals surface area contributed by atoms with Gasteiger partial charge in [0.25, 0.3) is 0 Å². The molecular weight excluding hydrogens is 441 g/mol. The first-order chi connectivity index (χ1) is 16.4. The Morgan fingerprint density at radius 3 is 2.44 bits per heavy atom. The zero-order valence-electron chi connectivity index (χ0n) is 19.2. The normalized spacial score (nSPS) is 14.6. The van der Waals surface area contributed by atoms with E-state index in [0.29, 0.717) is 11.4 Å². The molecule has 0 unspecified atom stereocenters. The molecule has 4 rings (SSSR count). The standard InChI is InChI=1S/C26H29F3N4O/c1-2-7-18-8-6-9-20(16-18)31-24-23(26(27,28)29)17-30-25(33-24)32-19-12-14-22(15-13-19)34-21-10-4-3-5-11-21/h6,8-9,12-17,21H,2-5,7,10-11H2,1H3,(H2,30,31,32,33). The predicted molar refractivity (Wildman–Crippen MR) is 128 cm³/mol. The molecule has 0 atom stereocenters. The van der Waals surface area contributed by atoms with E-state index in [9.17, 15) is 13.2 Å². The van der Waals surface area contributed by atoms with Crippen LogP contribution in [0.5, 0.6) is 5.75 Å². The van der Waals surface area contributed by atoms with Gasteiger partial charge >= 0.3 is 6.18 Å². The summed E-state index contributed by atoms with van der Waals surface area (Å²) < 4.78 is 46.8. The van der Waals surface area contributed by atoms with E-state index in [0.717, 1.165) is 43.2 Å². The Balaban J connectivity index is 1.50. The first-order valence-electron chi connectivity index (χ1n) is 11.7. The van der Waals surface area contributed by atoms with E-state index in [2.05, 4.69) is 27.5 Å². The molecule has 2 N–H and O–H groups in total. The number of benzene rings is 2. The van der Waals surface area contributed by atoms with E-state index in [-0.39, 0.29) is 17.9 Å². The monoisotopic (exact) mass is 470 g/mol. The molecule has 0 saturated heterocycles. The third-order valence-corrected chi connectivity index (χ3v) is 5.79. The van der Waals surface area contributed by atoms with Crippen LogP contribution in [0.3, 0.4) is 0 Å². The summed E-state index contributed by atoms with van der Waals surface area (Å²) in [5, 5.41) is 5.81. The van der Waals surface area contributed by atoms with Crippen molar-refractivity contribution in [3.8, 4) is 5.75 Å². The molecule has 0 amide bonds. The van der Waals surface area contributed by atoms with Gasteiger partial charge in [-0.2, -0.15) is 18.2 Å². The molecule has 3 aromatic rings. The van der Waals surface area contributed by atoms with Gasteiger partial charge < -0.3 is 15.4 Å². The summed E-state index contributed by atoms with van der Waals surface area (Å²) in [6.07, 6.45) is 4.03. The molecule has 5 nitrogen and oxygen atoms in total. The first-order valence-corrected chi connectivity index (χ1v) is 11.7. The average Bonchev–Trinajstić information content (AvgIpc) is 2.81. The Kier molecular flexibility index (Phi) is 7.55. The third kappa shape index (κ3) is 6.40. The molecular formula is C26H29F3N4O. The highest BCUT2D eigenvalue weighted by atomic mass is 19.4. The van der Waals surface area contributed by atoms with Gasteiger partial charge in [0.05, 0.1) is 6.10 Å². The van der Waals surface area contributed by atoms with Gasteiger partial charge in [-0.25, -0.2) is 4.98 Å². The maximum absolute atomic E-state index is 13.6. The SMILES string of the molecule is CCCc1cccc(Nc2nc(Nc3ccc(OC4CCCCC4)cc3)ncc2C(F)(F)F)c1. The van der Waals surface area contributed by atoms with Crippen molar-refractivity contribution in [1.29, 1.82) is 0 Å². The van der Waals surface area contributed by atoms with E-state index >= 15 is 0 Å².